The van der Waals surface area contributed by atoms with Crippen LogP contribution < -0.4 is 0 Å². The largest absolute Gasteiger partial charge is 0.383 e. The number of hydrogen-bond acceptors (Lipinski definition) is 5. The topological polar surface area (TPSA) is 54.9 Å². The Kier molecular flexibility index (Phi) is 5.48. The van der Waals surface area contributed by atoms with Gasteiger partial charge in [0.25, 0.3) is 5.91 Å². The first-order valence-corrected chi connectivity index (χ1v) is 8.64. The molecule has 2 saturated heterocycles. The molecule has 132 valence electrons. The summed E-state index contributed by atoms with van der Waals surface area (Å²) >= 11 is 0. The minimum Gasteiger partial charge on any atom is -0.383 e. The number of aromatic nitrogens is 1. The van der Waals surface area contributed by atoms with Crippen molar-refractivity contribution in [1.82, 2.24) is 14.8 Å². The molecule has 24 heavy (non-hydrogen) atoms. The van der Waals surface area contributed by atoms with Crippen molar-refractivity contribution in [3.63, 3.8) is 0 Å². The summed E-state index contributed by atoms with van der Waals surface area (Å²) in [6.45, 7) is 8.56. The van der Waals surface area contributed by atoms with Gasteiger partial charge in [-0.2, -0.15) is 0 Å². The molecule has 2 fully saturated rings. The van der Waals surface area contributed by atoms with E-state index in [0.717, 1.165) is 32.8 Å². The third kappa shape index (κ3) is 3.61. The fourth-order valence-electron chi connectivity index (χ4n) is 3.81. The Morgan fingerprint density at radius 2 is 2.33 bits per heavy atom. The number of pyridine rings is 1. The Labute approximate surface area is 143 Å². The number of hydrogen-bond donors (Lipinski definition) is 0. The van der Waals surface area contributed by atoms with E-state index in [2.05, 4.69) is 16.8 Å². The molecule has 0 aromatic carbocycles. The number of ether oxygens (including phenoxy) is 2. The zero-order valence-corrected chi connectivity index (χ0v) is 14.6. The van der Waals surface area contributed by atoms with Gasteiger partial charge in [0.1, 0.15) is 5.69 Å². The van der Waals surface area contributed by atoms with E-state index < -0.39 is 0 Å². The first kappa shape index (κ1) is 17.3. The zero-order valence-electron chi connectivity index (χ0n) is 14.6. The first-order valence-electron chi connectivity index (χ1n) is 8.64. The average molecular weight is 333 g/mol. The van der Waals surface area contributed by atoms with Crippen LogP contribution in [0, 0.1) is 11.3 Å². The molecule has 0 unspecified atom stereocenters. The Morgan fingerprint density at radius 1 is 1.46 bits per heavy atom. The van der Waals surface area contributed by atoms with Crippen LogP contribution in [-0.4, -0.2) is 80.3 Å². The van der Waals surface area contributed by atoms with Crippen molar-refractivity contribution in [2.24, 2.45) is 11.3 Å². The van der Waals surface area contributed by atoms with E-state index >= 15 is 0 Å². The van der Waals surface area contributed by atoms with E-state index in [1.165, 1.54) is 0 Å². The molecule has 1 spiro atoms. The maximum Gasteiger partial charge on any atom is 0.272 e. The van der Waals surface area contributed by atoms with Crippen LogP contribution in [0.25, 0.3) is 0 Å². The molecule has 3 rings (SSSR count). The van der Waals surface area contributed by atoms with E-state index in [1.807, 2.05) is 17.0 Å². The summed E-state index contributed by atoms with van der Waals surface area (Å²) in [6.07, 6.45) is 1.67. The van der Waals surface area contributed by atoms with Crippen molar-refractivity contribution in [3.8, 4) is 0 Å². The molecule has 0 saturated carbocycles. The van der Waals surface area contributed by atoms with Gasteiger partial charge in [-0.3, -0.25) is 9.78 Å². The second-order valence-electron chi connectivity index (χ2n) is 6.99. The minimum atomic E-state index is -0.00528. The van der Waals surface area contributed by atoms with Crippen molar-refractivity contribution in [3.05, 3.63) is 30.1 Å². The van der Waals surface area contributed by atoms with Gasteiger partial charge < -0.3 is 19.3 Å². The molecule has 1 amide bonds. The van der Waals surface area contributed by atoms with Gasteiger partial charge in [0.05, 0.1) is 19.8 Å². The summed E-state index contributed by atoms with van der Waals surface area (Å²) in [6, 6.07) is 5.47. The van der Waals surface area contributed by atoms with Gasteiger partial charge in [0.2, 0.25) is 0 Å². The van der Waals surface area contributed by atoms with E-state index in [0.29, 0.717) is 31.4 Å². The molecule has 2 aliphatic rings. The van der Waals surface area contributed by atoms with Gasteiger partial charge in [-0.1, -0.05) is 13.0 Å². The predicted octanol–water partition coefficient (Wildman–Crippen LogP) is 1.14. The molecular formula is C18H27N3O3. The maximum absolute atomic E-state index is 12.8. The quantitative estimate of drug-likeness (QED) is 0.827. The number of rotatable bonds is 4. The summed E-state index contributed by atoms with van der Waals surface area (Å²) in [5.74, 6) is 0.481. The van der Waals surface area contributed by atoms with Gasteiger partial charge >= 0.3 is 0 Å². The lowest BCUT2D eigenvalue weighted by Gasteiger charge is -2.35. The number of carbonyl (C=O) groups excluding carboxylic acids is 1. The Balaban J connectivity index is 1.74. The molecule has 6 heteroatoms. The standard InChI is InChI=1S/C18H27N3O3/c1-15-11-20(7-9-23-2)12-18(15)13-21(8-10-24-14-18)17(22)16-5-3-4-6-19-16/h3-6,15H,7-14H2,1-2H3/t15-,18+/m1/s1. The normalized spacial score (nSPS) is 28.2. The van der Waals surface area contributed by atoms with E-state index in [1.54, 1.807) is 19.4 Å². The lowest BCUT2D eigenvalue weighted by Crippen LogP contribution is -2.46. The van der Waals surface area contributed by atoms with Crippen LogP contribution in [0.1, 0.15) is 17.4 Å². The predicted molar refractivity (Wildman–Crippen MR) is 90.9 cm³/mol. The highest BCUT2D eigenvalue weighted by Gasteiger charge is 2.47. The Hall–Kier alpha value is -1.50. The summed E-state index contributed by atoms with van der Waals surface area (Å²) in [4.78, 5) is 21.4. The van der Waals surface area contributed by atoms with Crippen LogP contribution in [0.2, 0.25) is 0 Å². The minimum absolute atomic E-state index is 0.00279. The fraction of sp³-hybridized carbons (Fsp3) is 0.667. The summed E-state index contributed by atoms with van der Waals surface area (Å²) < 4.78 is 11.1. The second kappa shape index (κ2) is 7.59. The van der Waals surface area contributed by atoms with Gasteiger partial charge in [-0.25, -0.2) is 0 Å². The van der Waals surface area contributed by atoms with Crippen LogP contribution in [0.5, 0.6) is 0 Å². The molecule has 0 N–H and O–H groups in total. The van der Waals surface area contributed by atoms with Crippen LogP contribution in [0.15, 0.2) is 24.4 Å². The van der Waals surface area contributed by atoms with Crippen molar-refractivity contribution in [1.29, 1.82) is 0 Å². The van der Waals surface area contributed by atoms with Gasteiger partial charge in [-0.05, 0) is 18.1 Å². The molecule has 0 radical (unpaired) electrons. The smallest absolute Gasteiger partial charge is 0.272 e. The highest BCUT2D eigenvalue weighted by atomic mass is 16.5. The van der Waals surface area contributed by atoms with Crippen molar-refractivity contribution < 1.29 is 14.3 Å². The maximum atomic E-state index is 12.8. The van der Waals surface area contributed by atoms with Crippen molar-refractivity contribution >= 4 is 5.91 Å². The van der Waals surface area contributed by atoms with Crippen molar-refractivity contribution in [2.75, 3.05) is 59.7 Å². The Morgan fingerprint density at radius 3 is 3.08 bits per heavy atom. The third-order valence-corrected chi connectivity index (χ3v) is 5.30. The molecular weight excluding hydrogens is 306 g/mol. The van der Waals surface area contributed by atoms with Crippen LogP contribution in [0.4, 0.5) is 0 Å². The van der Waals surface area contributed by atoms with Gasteiger partial charge in [-0.15, -0.1) is 0 Å². The first-order chi connectivity index (χ1) is 11.6. The van der Waals surface area contributed by atoms with Crippen LogP contribution in [0.3, 0.4) is 0 Å². The molecule has 0 bridgehead atoms. The zero-order chi connectivity index (χ0) is 17.0. The highest BCUT2D eigenvalue weighted by Crippen LogP contribution is 2.38. The van der Waals surface area contributed by atoms with Gasteiger partial charge in [0.15, 0.2) is 0 Å². The molecule has 1 aromatic rings. The number of amides is 1. The Bertz CT molecular complexity index is 554. The molecule has 2 atom stereocenters. The molecule has 3 heterocycles. The van der Waals surface area contributed by atoms with E-state index in [4.69, 9.17) is 9.47 Å². The summed E-state index contributed by atoms with van der Waals surface area (Å²) in [5, 5.41) is 0. The molecule has 2 aliphatic heterocycles. The number of likely N-dealkylation sites (tertiary alicyclic amines) is 1. The fourth-order valence-corrected chi connectivity index (χ4v) is 3.81. The van der Waals surface area contributed by atoms with Crippen molar-refractivity contribution in [2.45, 2.75) is 6.92 Å². The number of carbonyl (C=O) groups is 1. The number of methoxy groups -OCH3 is 1. The summed E-state index contributed by atoms with van der Waals surface area (Å²) in [5.41, 5.74) is 0.505. The monoisotopic (exact) mass is 333 g/mol. The molecule has 1 aromatic heterocycles. The van der Waals surface area contributed by atoms with Crippen LogP contribution >= 0.6 is 0 Å². The third-order valence-electron chi connectivity index (χ3n) is 5.30. The highest BCUT2D eigenvalue weighted by molar-refractivity contribution is 5.92. The molecule has 6 nitrogen and oxygen atoms in total. The second-order valence-corrected chi connectivity index (χ2v) is 6.99. The lowest BCUT2D eigenvalue weighted by atomic mass is 9.79. The average Bonchev–Trinajstić information content (AvgIpc) is 2.77. The van der Waals surface area contributed by atoms with Gasteiger partial charge in [0, 0.05) is 51.4 Å². The summed E-state index contributed by atoms with van der Waals surface area (Å²) in [7, 11) is 1.73. The number of nitrogens with zero attached hydrogens (tertiary/aromatic N) is 3. The van der Waals surface area contributed by atoms with Crippen LogP contribution in [-0.2, 0) is 9.47 Å². The van der Waals surface area contributed by atoms with E-state index in [-0.39, 0.29) is 11.3 Å². The van der Waals surface area contributed by atoms with E-state index in [9.17, 15) is 4.79 Å². The lowest BCUT2D eigenvalue weighted by molar-refractivity contribution is 0.0467. The SMILES string of the molecule is COCCN1C[C@@H](C)[C@@]2(COCCN(C(=O)c3ccccn3)C2)C1. The molecule has 0 aliphatic carbocycles.